The first-order valence-electron chi connectivity index (χ1n) is 7.78. The number of hydrogen-bond donors (Lipinski definition) is 1. The van der Waals surface area contributed by atoms with Crippen molar-refractivity contribution in [1.29, 1.82) is 0 Å². The van der Waals surface area contributed by atoms with Gasteiger partial charge in [0, 0.05) is 32.5 Å². The lowest BCUT2D eigenvalue weighted by Crippen LogP contribution is -2.45. The van der Waals surface area contributed by atoms with Crippen molar-refractivity contribution >= 4 is 11.8 Å². The maximum absolute atomic E-state index is 5.75. The molecule has 7 heteroatoms. The standard InChI is InChI=1S/C14H23N5O2/c1-2-3-6-15-13-17-12(11-16-18-13)19-7-4-14(5-8-19)20-9-10-21-14/h11H,2-10H2,1H3,(H,15,17,18). The Morgan fingerprint density at radius 3 is 2.76 bits per heavy atom. The Kier molecular flexibility index (Phi) is 4.50. The van der Waals surface area contributed by atoms with E-state index in [2.05, 4.69) is 32.3 Å². The second-order valence-electron chi connectivity index (χ2n) is 5.51. The van der Waals surface area contributed by atoms with Crippen molar-refractivity contribution in [3.63, 3.8) is 0 Å². The predicted molar refractivity (Wildman–Crippen MR) is 79.3 cm³/mol. The number of piperidine rings is 1. The van der Waals surface area contributed by atoms with Crippen molar-refractivity contribution in [2.75, 3.05) is 43.1 Å². The summed E-state index contributed by atoms with van der Waals surface area (Å²) in [6, 6.07) is 0. The third-order valence-corrected chi connectivity index (χ3v) is 4.02. The fourth-order valence-corrected chi connectivity index (χ4v) is 2.76. The summed E-state index contributed by atoms with van der Waals surface area (Å²) in [4.78, 5) is 6.76. The van der Waals surface area contributed by atoms with Gasteiger partial charge in [0.15, 0.2) is 11.6 Å². The minimum Gasteiger partial charge on any atom is -0.355 e. The quantitative estimate of drug-likeness (QED) is 0.823. The number of hydrogen-bond acceptors (Lipinski definition) is 7. The predicted octanol–water partition coefficient (Wildman–Crippen LogP) is 1.43. The third kappa shape index (κ3) is 3.41. The number of ether oxygens (including phenoxy) is 2. The van der Waals surface area contributed by atoms with Crippen LogP contribution < -0.4 is 10.2 Å². The first-order chi connectivity index (χ1) is 10.3. The van der Waals surface area contributed by atoms with Crippen LogP contribution in [-0.2, 0) is 9.47 Å². The van der Waals surface area contributed by atoms with Crippen LogP contribution in [-0.4, -0.2) is 53.8 Å². The van der Waals surface area contributed by atoms with Gasteiger partial charge in [0.2, 0.25) is 5.95 Å². The van der Waals surface area contributed by atoms with E-state index in [1.165, 1.54) is 0 Å². The normalized spacial score (nSPS) is 20.9. The van der Waals surface area contributed by atoms with E-state index in [1.54, 1.807) is 6.20 Å². The molecule has 0 radical (unpaired) electrons. The fraction of sp³-hybridized carbons (Fsp3) is 0.786. The van der Waals surface area contributed by atoms with E-state index < -0.39 is 0 Å². The fourth-order valence-electron chi connectivity index (χ4n) is 2.76. The van der Waals surface area contributed by atoms with Crippen LogP contribution in [0.5, 0.6) is 0 Å². The van der Waals surface area contributed by atoms with Crippen LogP contribution in [0.3, 0.4) is 0 Å². The number of nitrogens with one attached hydrogen (secondary N) is 1. The maximum atomic E-state index is 5.75. The molecule has 0 unspecified atom stereocenters. The monoisotopic (exact) mass is 293 g/mol. The zero-order valence-electron chi connectivity index (χ0n) is 12.5. The molecule has 1 aromatic heterocycles. The third-order valence-electron chi connectivity index (χ3n) is 4.02. The molecular weight excluding hydrogens is 270 g/mol. The molecule has 1 aromatic rings. The Bertz CT molecular complexity index is 454. The molecule has 2 fully saturated rings. The van der Waals surface area contributed by atoms with E-state index in [4.69, 9.17) is 9.47 Å². The molecule has 3 heterocycles. The van der Waals surface area contributed by atoms with Crippen LogP contribution in [0, 0.1) is 0 Å². The van der Waals surface area contributed by atoms with Gasteiger partial charge >= 0.3 is 0 Å². The van der Waals surface area contributed by atoms with Crippen molar-refractivity contribution in [2.45, 2.75) is 38.4 Å². The minimum atomic E-state index is -0.348. The largest absolute Gasteiger partial charge is 0.355 e. The lowest BCUT2D eigenvalue weighted by Gasteiger charge is -2.37. The summed E-state index contributed by atoms with van der Waals surface area (Å²) >= 11 is 0. The Morgan fingerprint density at radius 1 is 1.29 bits per heavy atom. The van der Waals surface area contributed by atoms with Crippen LogP contribution in [0.4, 0.5) is 11.8 Å². The molecule has 0 bridgehead atoms. The molecule has 0 aliphatic carbocycles. The van der Waals surface area contributed by atoms with Crippen LogP contribution in [0.2, 0.25) is 0 Å². The smallest absolute Gasteiger partial charge is 0.244 e. The Labute approximate surface area is 125 Å². The van der Waals surface area contributed by atoms with Gasteiger partial charge in [0.25, 0.3) is 0 Å². The van der Waals surface area contributed by atoms with E-state index in [-0.39, 0.29) is 5.79 Å². The van der Waals surface area contributed by atoms with Gasteiger partial charge in [0.05, 0.1) is 19.4 Å². The highest BCUT2D eigenvalue weighted by Gasteiger charge is 2.40. The molecule has 0 atom stereocenters. The molecular formula is C14H23N5O2. The molecule has 1 N–H and O–H groups in total. The second-order valence-corrected chi connectivity index (χ2v) is 5.51. The van der Waals surface area contributed by atoms with Crippen molar-refractivity contribution in [2.24, 2.45) is 0 Å². The SMILES string of the molecule is CCCCNc1nncc(N2CCC3(CC2)OCCO3)n1. The molecule has 2 saturated heterocycles. The Morgan fingerprint density at radius 2 is 2.05 bits per heavy atom. The first kappa shape index (κ1) is 14.5. The van der Waals surface area contributed by atoms with Crippen LogP contribution in [0.15, 0.2) is 6.20 Å². The average molecular weight is 293 g/mol. The van der Waals surface area contributed by atoms with Crippen molar-refractivity contribution < 1.29 is 9.47 Å². The van der Waals surface area contributed by atoms with Crippen LogP contribution >= 0.6 is 0 Å². The van der Waals surface area contributed by atoms with Crippen LogP contribution in [0.1, 0.15) is 32.6 Å². The molecule has 0 saturated carbocycles. The average Bonchev–Trinajstić information content (AvgIpc) is 2.97. The van der Waals surface area contributed by atoms with Crippen molar-refractivity contribution in [1.82, 2.24) is 15.2 Å². The number of rotatable bonds is 5. The van der Waals surface area contributed by atoms with E-state index in [0.29, 0.717) is 19.2 Å². The summed E-state index contributed by atoms with van der Waals surface area (Å²) < 4.78 is 11.5. The number of nitrogens with zero attached hydrogens (tertiary/aromatic N) is 4. The van der Waals surface area contributed by atoms with Crippen molar-refractivity contribution in [3.8, 4) is 0 Å². The Hall–Kier alpha value is -1.47. The molecule has 0 amide bonds. The highest BCUT2D eigenvalue weighted by atomic mass is 16.7. The topological polar surface area (TPSA) is 72.4 Å². The van der Waals surface area contributed by atoms with E-state index in [0.717, 1.165) is 51.1 Å². The van der Waals surface area contributed by atoms with Gasteiger partial charge < -0.3 is 19.7 Å². The number of unbranched alkanes of at least 4 members (excludes halogenated alkanes) is 1. The molecule has 2 aliphatic heterocycles. The van der Waals surface area contributed by atoms with Gasteiger partial charge in [-0.05, 0) is 6.42 Å². The molecule has 21 heavy (non-hydrogen) atoms. The van der Waals surface area contributed by atoms with Gasteiger partial charge in [-0.3, -0.25) is 0 Å². The van der Waals surface area contributed by atoms with Gasteiger partial charge in [-0.25, -0.2) is 0 Å². The van der Waals surface area contributed by atoms with E-state index >= 15 is 0 Å². The highest BCUT2D eigenvalue weighted by Crippen LogP contribution is 2.32. The number of anilines is 2. The zero-order valence-corrected chi connectivity index (χ0v) is 12.5. The summed E-state index contributed by atoms with van der Waals surface area (Å²) in [6.45, 7) is 6.20. The number of aromatic nitrogens is 3. The lowest BCUT2D eigenvalue weighted by molar-refractivity contribution is -0.169. The highest BCUT2D eigenvalue weighted by molar-refractivity contribution is 5.40. The summed E-state index contributed by atoms with van der Waals surface area (Å²) in [7, 11) is 0. The van der Waals surface area contributed by atoms with Gasteiger partial charge in [0.1, 0.15) is 0 Å². The van der Waals surface area contributed by atoms with Crippen LogP contribution in [0.25, 0.3) is 0 Å². The molecule has 1 spiro atoms. The molecule has 2 aliphatic rings. The lowest BCUT2D eigenvalue weighted by atomic mass is 10.0. The molecule has 0 aromatic carbocycles. The van der Waals surface area contributed by atoms with Gasteiger partial charge in [-0.1, -0.05) is 13.3 Å². The summed E-state index contributed by atoms with van der Waals surface area (Å²) in [5.74, 6) is 1.13. The maximum Gasteiger partial charge on any atom is 0.244 e. The van der Waals surface area contributed by atoms with Crippen molar-refractivity contribution in [3.05, 3.63) is 6.20 Å². The van der Waals surface area contributed by atoms with E-state index in [9.17, 15) is 0 Å². The molecule has 7 nitrogen and oxygen atoms in total. The van der Waals surface area contributed by atoms with Gasteiger partial charge in [-0.2, -0.15) is 10.1 Å². The second kappa shape index (κ2) is 6.53. The summed E-state index contributed by atoms with van der Waals surface area (Å²) in [5, 5.41) is 11.3. The first-order valence-corrected chi connectivity index (χ1v) is 7.78. The molecule has 116 valence electrons. The Balaban J connectivity index is 1.58. The van der Waals surface area contributed by atoms with E-state index in [1.807, 2.05) is 0 Å². The zero-order chi connectivity index (χ0) is 14.5. The van der Waals surface area contributed by atoms with Gasteiger partial charge in [-0.15, -0.1) is 5.10 Å². The molecule has 3 rings (SSSR count). The minimum absolute atomic E-state index is 0.348. The summed E-state index contributed by atoms with van der Waals surface area (Å²) in [5.41, 5.74) is 0. The summed E-state index contributed by atoms with van der Waals surface area (Å²) in [6.07, 6.45) is 5.72.